The number of halogens is 2. The number of esters is 2. The Kier molecular flexibility index (Phi) is 12.8. The van der Waals surface area contributed by atoms with Crippen molar-refractivity contribution >= 4 is 40.8 Å². The van der Waals surface area contributed by atoms with E-state index in [-0.39, 0.29) is 22.0 Å². The van der Waals surface area contributed by atoms with Crippen LogP contribution in [0.15, 0.2) is 85.2 Å². The number of ether oxygens (including phenoxy) is 4. The third-order valence-corrected chi connectivity index (χ3v) is 9.52. The Balaban J connectivity index is 1.36. The topological polar surface area (TPSA) is 113 Å². The summed E-state index contributed by atoms with van der Waals surface area (Å²) in [7, 11) is 3.03. The molecule has 1 aromatic heterocycles. The third-order valence-electron chi connectivity index (χ3n) is 8.87. The number of hydrogen-bond acceptors (Lipinski definition) is 9. The van der Waals surface area contributed by atoms with E-state index in [4.69, 9.17) is 42.1 Å². The van der Waals surface area contributed by atoms with Gasteiger partial charge in [0.25, 0.3) is 0 Å². The molecule has 10 nitrogen and oxygen atoms in total. The zero-order valence-corrected chi connectivity index (χ0v) is 29.8. The van der Waals surface area contributed by atoms with Crippen LogP contribution >= 0.6 is 23.2 Å². The smallest absolute Gasteiger partial charge is 0.338 e. The summed E-state index contributed by atoms with van der Waals surface area (Å²) < 4.78 is 23.3. The van der Waals surface area contributed by atoms with Crippen molar-refractivity contribution in [2.45, 2.75) is 38.3 Å². The van der Waals surface area contributed by atoms with Gasteiger partial charge in [0.15, 0.2) is 29.9 Å². The molecule has 0 aliphatic carbocycles. The third kappa shape index (κ3) is 9.38. The fourth-order valence-corrected chi connectivity index (χ4v) is 6.57. The van der Waals surface area contributed by atoms with Gasteiger partial charge >= 0.3 is 11.9 Å². The highest BCUT2D eigenvalue weighted by Gasteiger charge is 2.27. The second-order valence-corrected chi connectivity index (χ2v) is 12.9. The number of aromatic nitrogens is 1. The summed E-state index contributed by atoms with van der Waals surface area (Å²) in [6, 6.07) is 20.4. The molecule has 1 saturated heterocycles. The summed E-state index contributed by atoms with van der Waals surface area (Å²) in [5.74, 6) is 0.220. The summed E-state index contributed by atoms with van der Waals surface area (Å²) in [4.78, 5) is 29.7. The van der Waals surface area contributed by atoms with E-state index in [0.717, 1.165) is 38.0 Å². The van der Waals surface area contributed by atoms with Gasteiger partial charge in [-0.25, -0.2) is 9.59 Å². The predicted octanol–water partition coefficient (Wildman–Crippen LogP) is 7.21. The van der Waals surface area contributed by atoms with Gasteiger partial charge in [-0.15, -0.1) is 0 Å². The first-order chi connectivity index (χ1) is 24.2. The maximum absolute atomic E-state index is 13.8. The van der Waals surface area contributed by atoms with Gasteiger partial charge in [0.1, 0.15) is 16.1 Å². The number of rotatable bonds is 14. The molecule has 0 saturated carbocycles. The molecule has 12 heteroatoms. The first kappa shape index (κ1) is 36.8. The molecule has 4 aromatic rings. The zero-order valence-electron chi connectivity index (χ0n) is 28.3. The maximum atomic E-state index is 13.8. The van der Waals surface area contributed by atoms with Crippen LogP contribution in [0, 0.1) is 11.1 Å². The van der Waals surface area contributed by atoms with Crippen LogP contribution in [0.5, 0.6) is 11.5 Å². The lowest BCUT2D eigenvalue weighted by Crippen LogP contribution is -2.35. The normalized spacial score (nSPS) is 14.7. The number of nitrogens with zero attached hydrogens (tertiary/aromatic N) is 2. The minimum Gasteiger partial charge on any atom is -0.619 e. The van der Waals surface area contributed by atoms with E-state index in [1.165, 1.54) is 26.6 Å². The molecule has 264 valence electrons. The lowest BCUT2D eigenvalue weighted by Gasteiger charge is -2.31. The molecule has 3 aromatic carbocycles. The van der Waals surface area contributed by atoms with Gasteiger partial charge in [0, 0.05) is 17.7 Å². The summed E-state index contributed by atoms with van der Waals surface area (Å²) in [5, 5.41) is 15.4. The van der Waals surface area contributed by atoms with Gasteiger partial charge in [-0.3, -0.25) is 0 Å². The molecule has 50 heavy (non-hydrogen) atoms. The van der Waals surface area contributed by atoms with Gasteiger partial charge < -0.3 is 34.4 Å². The van der Waals surface area contributed by atoms with Crippen LogP contribution in [0.3, 0.4) is 0 Å². The molecular formula is C38H41Cl2N3O7. The minimum atomic E-state index is -0.882. The molecule has 0 bridgehead atoms. The Morgan fingerprint density at radius 3 is 2.28 bits per heavy atom. The highest BCUT2D eigenvalue weighted by atomic mass is 35.5. The fourth-order valence-electron chi connectivity index (χ4n) is 5.97. The van der Waals surface area contributed by atoms with Crippen molar-refractivity contribution < 1.29 is 33.3 Å². The zero-order chi connectivity index (χ0) is 35.6. The van der Waals surface area contributed by atoms with E-state index in [2.05, 4.69) is 17.1 Å². The van der Waals surface area contributed by atoms with Gasteiger partial charge in [-0.05, 0) is 79.9 Å². The Bertz CT molecular complexity index is 1740. The highest BCUT2D eigenvalue weighted by molar-refractivity contribution is 6.35. The van der Waals surface area contributed by atoms with Crippen LogP contribution in [-0.4, -0.2) is 57.3 Å². The molecule has 0 amide bonds. The van der Waals surface area contributed by atoms with Gasteiger partial charge in [0.05, 0.1) is 26.4 Å². The number of hydrogen-bond donors (Lipinski definition) is 1. The van der Waals surface area contributed by atoms with Gasteiger partial charge in [0.2, 0.25) is 0 Å². The largest absolute Gasteiger partial charge is 0.619 e. The maximum Gasteiger partial charge on any atom is 0.338 e. The average Bonchev–Trinajstić information content (AvgIpc) is 3.14. The number of nitrogens with one attached hydrogen (secondary N) is 1. The first-order valence-corrected chi connectivity index (χ1v) is 17.2. The highest BCUT2D eigenvalue weighted by Crippen LogP contribution is 2.36. The molecule has 1 N–H and O–H groups in total. The molecule has 1 unspecified atom stereocenters. The van der Waals surface area contributed by atoms with Crippen LogP contribution in [0.4, 0.5) is 5.69 Å². The SMILES string of the molecule is CCN1CCC(COC(=O)C(Nc2cccc(C(=O)O[C@@H](Cc3c(Cl)c[n+]([O-])cc3Cl)c3ccc(OC)c(OC)c3)c2)c2ccccc2)CC1. The van der Waals surface area contributed by atoms with E-state index < -0.39 is 24.1 Å². The number of piperidine rings is 1. The van der Waals surface area contributed by atoms with Gasteiger partial charge in [-0.2, -0.15) is 4.73 Å². The number of carbonyl (C=O) groups is 2. The number of pyridine rings is 1. The molecule has 0 spiro atoms. The Morgan fingerprint density at radius 2 is 1.62 bits per heavy atom. The van der Waals surface area contributed by atoms with Crippen LogP contribution < -0.4 is 19.5 Å². The molecule has 1 aliphatic heterocycles. The molecule has 1 fully saturated rings. The first-order valence-electron chi connectivity index (χ1n) is 16.5. The van der Waals surface area contributed by atoms with Crippen LogP contribution in [0.2, 0.25) is 10.0 Å². The number of likely N-dealkylation sites (tertiary alicyclic amines) is 1. The lowest BCUT2D eigenvalue weighted by molar-refractivity contribution is -0.605. The average molecular weight is 723 g/mol. The van der Waals surface area contributed by atoms with E-state index in [1.807, 2.05) is 30.3 Å². The fraction of sp³-hybridized carbons (Fsp3) is 0.342. The van der Waals surface area contributed by atoms with Crippen molar-refractivity contribution in [3.8, 4) is 11.5 Å². The Labute approximate surface area is 302 Å². The Hall–Kier alpha value is -4.51. The minimum absolute atomic E-state index is 0.0665. The summed E-state index contributed by atoms with van der Waals surface area (Å²) >= 11 is 12.8. The Morgan fingerprint density at radius 1 is 0.920 bits per heavy atom. The van der Waals surface area contributed by atoms with Crippen molar-refractivity contribution in [1.29, 1.82) is 0 Å². The second-order valence-electron chi connectivity index (χ2n) is 12.1. The van der Waals surface area contributed by atoms with Gasteiger partial charge in [-0.1, -0.05) is 72.6 Å². The summed E-state index contributed by atoms with van der Waals surface area (Å²) in [5.41, 5.74) is 2.52. The number of anilines is 1. The summed E-state index contributed by atoms with van der Waals surface area (Å²) in [6.07, 6.45) is 3.54. The quantitative estimate of drug-likeness (QED) is 0.0820. The predicted molar refractivity (Wildman–Crippen MR) is 192 cm³/mol. The van der Waals surface area contributed by atoms with Crippen molar-refractivity contribution in [2.24, 2.45) is 5.92 Å². The standard InChI is InChI=1S/C38H41Cl2N3O7/c1-4-42-17-15-25(16-18-42)24-49-38(45)36(26-9-6-5-7-10-26)41-29-12-8-11-28(19-29)37(44)50-34(21-30-31(39)22-43(46)23-32(30)40)27-13-14-33(47-2)35(20-27)48-3/h5-14,19-20,22-23,25,34,36,41H,4,15-18,21,24H2,1-3H3/t34-,36?/m0/s1. The van der Waals surface area contributed by atoms with E-state index in [1.54, 1.807) is 42.5 Å². The van der Waals surface area contributed by atoms with Crippen molar-refractivity contribution in [3.63, 3.8) is 0 Å². The van der Waals surface area contributed by atoms with Crippen molar-refractivity contribution in [3.05, 3.63) is 123 Å². The van der Waals surface area contributed by atoms with Crippen LogP contribution in [0.25, 0.3) is 0 Å². The number of carbonyl (C=O) groups excluding carboxylic acids is 2. The molecule has 1 aliphatic rings. The van der Waals surface area contributed by atoms with Crippen molar-refractivity contribution in [1.82, 2.24) is 4.90 Å². The van der Waals surface area contributed by atoms with Crippen LogP contribution in [-0.2, 0) is 20.7 Å². The summed E-state index contributed by atoms with van der Waals surface area (Å²) in [6.45, 7) is 5.54. The van der Waals surface area contributed by atoms with E-state index in [9.17, 15) is 14.8 Å². The number of benzene rings is 3. The molecule has 2 heterocycles. The second kappa shape index (κ2) is 17.4. The number of methoxy groups -OCH3 is 2. The molecule has 5 rings (SSSR count). The van der Waals surface area contributed by atoms with Crippen LogP contribution in [0.1, 0.15) is 59.0 Å². The molecule has 2 atom stereocenters. The van der Waals surface area contributed by atoms with E-state index in [0.29, 0.717) is 45.6 Å². The molecule has 0 radical (unpaired) electrons. The molecular weight excluding hydrogens is 681 g/mol. The van der Waals surface area contributed by atoms with Crippen molar-refractivity contribution in [2.75, 3.05) is 45.8 Å². The van der Waals surface area contributed by atoms with E-state index >= 15 is 0 Å². The lowest BCUT2D eigenvalue weighted by atomic mass is 9.98. The monoisotopic (exact) mass is 721 g/mol.